The van der Waals surface area contributed by atoms with E-state index in [1.165, 1.54) is 12.1 Å². The summed E-state index contributed by atoms with van der Waals surface area (Å²) in [5.41, 5.74) is 1.28. The van der Waals surface area contributed by atoms with E-state index in [1.807, 2.05) is 6.92 Å². The van der Waals surface area contributed by atoms with E-state index >= 15 is 0 Å². The largest absolute Gasteiger partial charge is 0.453 e. The predicted octanol–water partition coefficient (Wildman–Crippen LogP) is 4.52. The van der Waals surface area contributed by atoms with Gasteiger partial charge in [-0.05, 0) is 17.5 Å². The Labute approximate surface area is 108 Å². The molecule has 0 bridgehead atoms. The predicted molar refractivity (Wildman–Crippen MR) is 61.2 cm³/mol. The average Bonchev–Trinajstić information content (AvgIpc) is 2.35. The molecule has 0 aliphatic heterocycles. The number of alkyl halides is 5. The number of ether oxygens (including phenoxy) is 1. The van der Waals surface area contributed by atoms with Crippen molar-refractivity contribution in [2.45, 2.75) is 38.0 Å². The molecule has 0 aliphatic rings. The van der Waals surface area contributed by atoms with E-state index in [1.54, 1.807) is 12.1 Å². The van der Waals surface area contributed by atoms with Crippen molar-refractivity contribution in [1.29, 1.82) is 0 Å². The van der Waals surface area contributed by atoms with Crippen LogP contribution in [-0.4, -0.2) is 19.2 Å². The van der Waals surface area contributed by atoms with Crippen LogP contribution in [0.1, 0.15) is 30.6 Å². The third-order valence-electron chi connectivity index (χ3n) is 2.90. The standard InChI is InChI=1S/C13H15F5O/c1-3-9-4-6-10(7-5-9)11(19-2)8-12(14,15)13(16,17)18/h4-7,11H,3,8H2,1-2H3. The van der Waals surface area contributed by atoms with Crippen LogP contribution >= 0.6 is 0 Å². The normalized spacial score (nSPS) is 14.5. The lowest BCUT2D eigenvalue weighted by molar-refractivity contribution is -0.291. The van der Waals surface area contributed by atoms with Crippen LogP contribution in [-0.2, 0) is 11.2 Å². The van der Waals surface area contributed by atoms with E-state index in [0.29, 0.717) is 5.56 Å². The average molecular weight is 282 g/mol. The van der Waals surface area contributed by atoms with Gasteiger partial charge in [-0.15, -0.1) is 0 Å². The van der Waals surface area contributed by atoms with Crippen molar-refractivity contribution in [2.24, 2.45) is 0 Å². The highest BCUT2D eigenvalue weighted by atomic mass is 19.4. The van der Waals surface area contributed by atoms with E-state index in [4.69, 9.17) is 4.74 Å². The molecule has 1 rings (SSSR count). The van der Waals surface area contributed by atoms with Gasteiger partial charge in [-0.1, -0.05) is 31.2 Å². The Morgan fingerprint density at radius 2 is 1.58 bits per heavy atom. The quantitative estimate of drug-likeness (QED) is 0.721. The van der Waals surface area contributed by atoms with Gasteiger partial charge in [-0.2, -0.15) is 22.0 Å². The minimum absolute atomic E-state index is 0.309. The molecule has 0 N–H and O–H groups in total. The van der Waals surface area contributed by atoms with Crippen molar-refractivity contribution in [1.82, 2.24) is 0 Å². The summed E-state index contributed by atoms with van der Waals surface area (Å²) in [6, 6.07) is 6.40. The Morgan fingerprint density at radius 3 is 1.95 bits per heavy atom. The summed E-state index contributed by atoms with van der Waals surface area (Å²) in [5, 5.41) is 0. The molecule has 0 aromatic heterocycles. The molecule has 0 fully saturated rings. The molecule has 108 valence electrons. The second-order valence-electron chi connectivity index (χ2n) is 4.23. The molecule has 0 heterocycles. The van der Waals surface area contributed by atoms with Crippen molar-refractivity contribution in [2.75, 3.05) is 7.11 Å². The molecule has 1 aromatic carbocycles. The lowest BCUT2D eigenvalue weighted by atomic mass is 10.0. The van der Waals surface area contributed by atoms with Crippen LogP contribution in [0.5, 0.6) is 0 Å². The molecule has 0 saturated heterocycles. The van der Waals surface area contributed by atoms with E-state index in [0.717, 1.165) is 19.1 Å². The van der Waals surface area contributed by atoms with E-state index < -0.39 is 24.6 Å². The zero-order chi connectivity index (χ0) is 14.7. The van der Waals surface area contributed by atoms with Crippen LogP contribution < -0.4 is 0 Å². The molecule has 0 amide bonds. The SMILES string of the molecule is CCc1ccc(C(CC(F)(F)C(F)(F)F)OC)cc1. The summed E-state index contributed by atoms with van der Waals surface area (Å²) < 4.78 is 67.2. The number of benzene rings is 1. The maximum Gasteiger partial charge on any atom is 0.453 e. The monoisotopic (exact) mass is 282 g/mol. The van der Waals surface area contributed by atoms with Crippen molar-refractivity contribution in [3.8, 4) is 0 Å². The summed E-state index contributed by atoms with van der Waals surface area (Å²) in [7, 11) is 1.12. The molecule has 1 atom stereocenters. The van der Waals surface area contributed by atoms with Crippen LogP contribution in [0.15, 0.2) is 24.3 Å². The smallest absolute Gasteiger partial charge is 0.377 e. The molecule has 0 spiro atoms. The summed E-state index contributed by atoms with van der Waals surface area (Å²) in [5.74, 6) is -4.77. The molecule has 19 heavy (non-hydrogen) atoms. The number of rotatable bonds is 5. The number of halogens is 5. The molecular formula is C13H15F5O. The third kappa shape index (κ3) is 3.89. The van der Waals surface area contributed by atoms with Crippen molar-refractivity contribution in [3.63, 3.8) is 0 Å². The summed E-state index contributed by atoms with van der Waals surface area (Å²) >= 11 is 0. The molecular weight excluding hydrogens is 267 g/mol. The van der Waals surface area contributed by atoms with E-state index in [2.05, 4.69) is 0 Å². The first-order valence-corrected chi connectivity index (χ1v) is 5.77. The lowest BCUT2D eigenvalue weighted by Crippen LogP contribution is -2.38. The topological polar surface area (TPSA) is 9.23 Å². The number of aryl methyl sites for hydroxylation is 1. The van der Waals surface area contributed by atoms with Gasteiger partial charge in [0.15, 0.2) is 0 Å². The summed E-state index contributed by atoms with van der Waals surface area (Å²) in [4.78, 5) is 0. The van der Waals surface area contributed by atoms with Crippen LogP contribution in [0.4, 0.5) is 22.0 Å². The minimum atomic E-state index is -5.56. The zero-order valence-corrected chi connectivity index (χ0v) is 10.6. The van der Waals surface area contributed by atoms with Crippen molar-refractivity contribution >= 4 is 0 Å². The van der Waals surface area contributed by atoms with Gasteiger partial charge >= 0.3 is 12.1 Å². The van der Waals surface area contributed by atoms with Crippen LogP contribution in [0, 0.1) is 0 Å². The maximum atomic E-state index is 13.0. The Hall–Kier alpha value is -1.17. The fraction of sp³-hybridized carbons (Fsp3) is 0.538. The number of hydrogen-bond donors (Lipinski definition) is 0. The molecule has 1 aromatic rings. The van der Waals surface area contributed by atoms with Crippen molar-refractivity contribution in [3.05, 3.63) is 35.4 Å². The summed E-state index contributed by atoms with van der Waals surface area (Å²) in [6.07, 6.45) is -7.51. The number of methoxy groups -OCH3 is 1. The van der Waals surface area contributed by atoms with Gasteiger partial charge in [0.2, 0.25) is 0 Å². The molecule has 0 saturated carbocycles. The maximum absolute atomic E-state index is 13.0. The van der Waals surface area contributed by atoms with Gasteiger partial charge in [0.25, 0.3) is 0 Å². The zero-order valence-electron chi connectivity index (χ0n) is 10.6. The highest BCUT2D eigenvalue weighted by Crippen LogP contribution is 2.42. The van der Waals surface area contributed by atoms with Gasteiger partial charge in [-0.3, -0.25) is 0 Å². The Morgan fingerprint density at radius 1 is 1.05 bits per heavy atom. The Balaban J connectivity index is 2.89. The van der Waals surface area contributed by atoms with E-state index in [9.17, 15) is 22.0 Å². The van der Waals surface area contributed by atoms with Crippen LogP contribution in [0.2, 0.25) is 0 Å². The summed E-state index contributed by atoms with van der Waals surface area (Å²) in [6.45, 7) is 1.92. The highest BCUT2D eigenvalue weighted by Gasteiger charge is 2.58. The van der Waals surface area contributed by atoms with Crippen molar-refractivity contribution < 1.29 is 26.7 Å². The van der Waals surface area contributed by atoms with Gasteiger partial charge in [-0.25, -0.2) is 0 Å². The third-order valence-corrected chi connectivity index (χ3v) is 2.90. The first kappa shape index (κ1) is 15.9. The second-order valence-corrected chi connectivity index (χ2v) is 4.23. The second kappa shape index (κ2) is 5.86. The molecule has 0 aliphatic carbocycles. The van der Waals surface area contributed by atoms with Gasteiger partial charge < -0.3 is 4.74 Å². The lowest BCUT2D eigenvalue weighted by Gasteiger charge is -2.24. The first-order valence-electron chi connectivity index (χ1n) is 5.77. The molecule has 6 heteroatoms. The van der Waals surface area contributed by atoms with Crippen LogP contribution in [0.25, 0.3) is 0 Å². The molecule has 1 unspecified atom stereocenters. The fourth-order valence-electron chi connectivity index (χ4n) is 1.65. The molecule has 0 radical (unpaired) electrons. The highest BCUT2D eigenvalue weighted by molar-refractivity contribution is 5.24. The van der Waals surface area contributed by atoms with Gasteiger partial charge in [0, 0.05) is 7.11 Å². The van der Waals surface area contributed by atoms with Crippen LogP contribution in [0.3, 0.4) is 0 Å². The minimum Gasteiger partial charge on any atom is -0.377 e. The molecule has 1 nitrogen and oxygen atoms in total. The fourth-order valence-corrected chi connectivity index (χ4v) is 1.65. The first-order chi connectivity index (χ1) is 8.71. The number of hydrogen-bond acceptors (Lipinski definition) is 1. The van der Waals surface area contributed by atoms with E-state index in [-0.39, 0.29) is 0 Å². The Bertz CT molecular complexity index is 396. The van der Waals surface area contributed by atoms with Gasteiger partial charge in [0.05, 0.1) is 12.5 Å². The van der Waals surface area contributed by atoms with Gasteiger partial charge in [0.1, 0.15) is 0 Å². The Kier molecular flexibility index (Phi) is 4.90.